The van der Waals surface area contributed by atoms with Gasteiger partial charge in [0.1, 0.15) is 5.82 Å². The second-order valence-electron chi connectivity index (χ2n) is 7.95. The van der Waals surface area contributed by atoms with Gasteiger partial charge >= 0.3 is 0 Å². The van der Waals surface area contributed by atoms with Crippen molar-refractivity contribution in [3.63, 3.8) is 0 Å². The van der Waals surface area contributed by atoms with Crippen LogP contribution in [0, 0.1) is 5.41 Å². The minimum absolute atomic E-state index is 0.200. The van der Waals surface area contributed by atoms with Crippen molar-refractivity contribution in [1.29, 1.82) is 5.41 Å². The summed E-state index contributed by atoms with van der Waals surface area (Å²) in [6, 6.07) is 8.00. The molecule has 0 bridgehead atoms. The lowest BCUT2D eigenvalue weighted by molar-refractivity contribution is 0.226. The SMILES string of the molecule is N=Cc1c(NCCN2CCC(Nc3cccnc3)CC2)nc(N)n2nc(-c3ccco3)nc12. The number of aromatic nitrogens is 5. The van der Waals surface area contributed by atoms with Gasteiger partial charge in [-0.15, -0.1) is 5.10 Å². The maximum atomic E-state index is 7.89. The number of rotatable bonds is 8. The molecule has 1 aliphatic rings. The summed E-state index contributed by atoms with van der Waals surface area (Å²) in [5, 5.41) is 19.2. The number of hydrogen-bond acceptors (Lipinski definition) is 10. The third kappa shape index (κ3) is 4.48. The molecule has 0 unspecified atom stereocenters. The first-order valence-corrected chi connectivity index (χ1v) is 10.9. The standard InChI is InChI=1S/C22H26N10O/c23-13-17-19(29-22(24)32-21(17)28-20(30-32)18-4-2-12-33-18)26-8-11-31-9-5-15(6-10-31)27-16-3-1-7-25-14-16/h1-4,7,12-15,23,26-27H,5-6,8-11H2,(H2,24,29). The molecule has 1 aliphatic heterocycles. The number of likely N-dealkylation sites (tertiary alicyclic amines) is 1. The molecule has 0 saturated carbocycles. The molecule has 11 nitrogen and oxygen atoms in total. The van der Waals surface area contributed by atoms with E-state index in [-0.39, 0.29) is 5.95 Å². The topological polar surface area (TPSA) is 146 Å². The van der Waals surface area contributed by atoms with Crippen molar-refractivity contribution < 1.29 is 4.42 Å². The lowest BCUT2D eigenvalue weighted by atomic mass is 10.0. The second-order valence-corrected chi connectivity index (χ2v) is 7.95. The lowest BCUT2D eigenvalue weighted by Gasteiger charge is -2.32. The Morgan fingerprint density at radius 1 is 1.21 bits per heavy atom. The fourth-order valence-corrected chi connectivity index (χ4v) is 4.07. The number of fused-ring (bicyclic) bond motifs is 1. The molecule has 0 aliphatic carbocycles. The van der Waals surface area contributed by atoms with E-state index >= 15 is 0 Å². The average molecular weight is 447 g/mol. The van der Waals surface area contributed by atoms with Gasteiger partial charge in [0.15, 0.2) is 11.4 Å². The Bertz CT molecular complexity index is 1210. The highest BCUT2D eigenvalue weighted by molar-refractivity contribution is 5.93. The summed E-state index contributed by atoms with van der Waals surface area (Å²) in [4.78, 5) is 15.5. The Kier molecular flexibility index (Phi) is 5.85. The van der Waals surface area contributed by atoms with E-state index in [1.807, 2.05) is 18.3 Å². The molecule has 5 heterocycles. The number of pyridine rings is 1. The molecule has 0 atom stereocenters. The van der Waals surface area contributed by atoms with E-state index in [9.17, 15) is 0 Å². The van der Waals surface area contributed by atoms with Crippen molar-refractivity contribution in [2.24, 2.45) is 0 Å². The first-order valence-electron chi connectivity index (χ1n) is 10.9. The summed E-state index contributed by atoms with van der Waals surface area (Å²) in [5.41, 5.74) is 8.19. The zero-order chi connectivity index (χ0) is 22.6. The highest BCUT2D eigenvalue weighted by Crippen LogP contribution is 2.23. The largest absolute Gasteiger partial charge is 0.461 e. The van der Waals surface area contributed by atoms with Crippen molar-refractivity contribution in [3.8, 4) is 11.6 Å². The number of anilines is 3. The molecule has 170 valence electrons. The molecule has 0 spiro atoms. The molecular weight excluding hydrogens is 420 g/mol. The van der Waals surface area contributed by atoms with E-state index in [0.29, 0.717) is 41.2 Å². The normalized spacial score (nSPS) is 15.0. The maximum absolute atomic E-state index is 7.89. The van der Waals surface area contributed by atoms with Gasteiger partial charge in [-0.2, -0.15) is 9.50 Å². The summed E-state index contributed by atoms with van der Waals surface area (Å²) in [6.07, 6.45) is 8.58. The van der Waals surface area contributed by atoms with Gasteiger partial charge in [0.25, 0.3) is 0 Å². The Hall–Kier alpha value is -3.99. The molecule has 11 heteroatoms. The van der Waals surface area contributed by atoms with Crippen LogP contribution in [0.4, 0.5) is 17.5 Å². The predicted octanol–water partition coefficient (Wildman–Crippen LogP) is 2.35. The van der Waals surface area contributed by atoms with E-state index in [1.165, 1.54) is 10.7 Å². The highest BCUT2D eigenvalue weighted by Gasteiger charge is 2.20. The van der Waals surface area contributed by atoms with E-state index in [4.69, 9.17) is 15.6 Å². The van der Waals surface area contributed by atoms with Crippen LogP contribution in [0.25, 0.3) is 17.2 Å². The predicted molar refractivity (Wildman–Crippen MR) is 127 cm³/mol. The highest BCUT2D eigenvalue weighted by atomic mass is 16.3. The van der Waals surface area contributed by atoms with Crippen LogP contribution >= 0.6 is 0 Å². The minimum Gasteiger partial charge on any atom is -0.461 e. The summed E-state index contributed by atoms with van der Waals surface area (Å²) >= 11 is 0. The molecule has 0 aromatic carbocycles. The molecule has 0 radical (unpaired) electrons. The molecule has 4 aromatic heterocycles. The van der Waals surface area contributed by atoms with Gasteiger partial charge in [0, 0.05) is 50.8 Å². The van der Waals surface area contributed by atoms with Crippen molar-refractivity contribution in [2.45, 2.75) is 18.9 Å². The average Bonchev–Trinajstić information content (AvgIpc) is 3.52. The van der Waals surface area contributed by atoms with Crippen molar-refractivity contribution in [1.82, 2.24) is 29.5 Å². The fraction of sp³-hybridized carbons (Fsp3) is 0.318. The van der Waals surface area contributed by atoms with E-state index < -0.39 is 0 Å². The van der Waals surface area contributed by atoms with Crippen molar-refractivity contribution in [3.05, 3.63) is 48.5 Å². The van der Waals surface area contributed by atoms with Gasteiger partial charge in [0.2, 0.25) is 11.8 Å². The first kappa shape index (κ1) is 20.9. The molecule has 1 saturated heterocycles. The molecular formula is C22H26N10O. The first-order chi connectivity index (χ1) is 16.2. The zero-order valence-electron chi connectivity index (χ0n) is 18.1. The third-order valence-electron chi connectivity index (χ3n) is 5.77. The van der Waals surface area contributed by atoms with Crippen LogP contribution in [0.2, 0.25) is 0 Å². The summed E-state index contributed by atoms with van der Waals surface area (Å²) < 4.78 is 6.81. The van der Waals surface area contributed by atoms with E-state index in [1.54, 1.807) is 24.6 Å². The number of hydrogen-bond donors (Lipinski definition) is 4. The van der Waals surface area contributed by atoms with Crippen LogP contribution in [0.15, 0.2) is 47.3 Å². The summed E-state index contributed by atoms with van der Waals surface area (Å²) in [7, 11) is 0. The Morgan fingerprint density at radius 2 is 2.09 bits per heavy atom. The van der Waals surface area contributed by atoms with Crippen LogP contribution in [0.1, 0.15) is 18.4 Å². The molecule has 33 heavy (non-hydrogen) atoms. The lowest BCUT2D eigenvalue weighted by Crippen LogP contribution is -2.41. The van der Waals surface area contributed by atoms with Crippen LogP contribution in [-0.2, 0) is 0 Å². The molecule has 0 amide bonds. The van der Waals surface area contributed by atoms with Gasteiger partial charge in [-0.1, -0.05) is 0 Å². The van der Waals surface area contributed by atoms with E-state index in [2.05, 4.69) is 35.6 Å². The zero-order valence-corrected chi connectivity index (χ0v) is 18.1. The number of piperidine rings is 1. The smallest absolute Gasteiger partial charge is 0.225 e. The number of nitrogen functional groups attached to an aromatic ring is 1. The monoisotopic (exact) mass is 446 g/mol. The van der Waals surface area contributed by atoms with Gasteiger partial charge in [-0.3, -0.25) is 4.98 Å². The number of nitrogens with one attached hydrogen (secondary N) is 3. The fourth-order valence-electron chi connectivity index (χ4n) is 4.07. The molecule has 5 rings (SSSR count). The van der Waals surface area contributed by atoms with Crippen LogP contribution in [0.5, 0.6) is 0 Å². The molecule has 5 N–H and O–H groups in total. The summed E-state index contributed by atoms with van der Waals surface area (Å²) in [5.74, 6) is 1.66. The minimum atomic E-state index is 0.200. The Labute approximate surface area is 190 Å². The molecule has 1 fully saturated rings. The summed E-state index contributed by atoms with van der Waals surface area (Å²) in [6.45, 7) is 3.59. The Balaban J connectivity index is 1.20. The van der Waals surface area contributed by atoms with Crippen LogP contribution < -0.4 is 16.4 Å². The van der Waals surface area contributed by atoms with Gasteiger partial charge in [0.05, 0.1) is 17.5 Å². The quantitative estimate of drug-likeness (QED) is 0.299. The van der Waals surface area contributed by atoms with E-state index in [0.717, 1.165) is 38.2 Å². The maximum Gasteiger partial charge on any atom is 0.225 e. The van der Waals surface area contributed by atoms with Gasteiger partial charge in [-0.25, -0.2) is 4.98 Å². The number of nitrogens with two attached hydrogens (primary N) is 1. The van der Waals surface area contributed by atoms with Crippen LogP contribution in [0.3, 0.4) is 0 Å². The third-order valence-corrected chi connectivity index (χ3v) is 5.77. The van der Waals surface area contributed by atoms with Crippen LogP contribution in [-0.4, -0.2) is 67.9 Å². The number of nitrogens with zero attached hydrogens (tertiary/aromatic N) is 6. The van der Waals surface area contributed by atoms with Crippen molar-refractivity contribution >= 4 is 29.3 Å². The second kappa shape index (κ2) is 9.25. The number of furan rings is 1. The van der Waals surface area contributed by atoms with Crippen molar-refractivity contribution in [2.75, 3.05) is 42.5 Å². The van der Waals surface area contributed by atoms with Gasteiger partial charge in [-0.05, 0) is 37.1 Å². The Morgan fingerprint density at radius 3 is 2.82 bits per heavy atom. The van der Waals surface area contributed by atoms with Gasteiger partial charge < -0.3 is 31.1 Å². The molecule has 4 aromatic rings.